The van der Waals surface area contributed by atoms with E-state index in [1.807, 2.05) is 0 Å². The molecular weight excluding hydrogens is 470 g/mol. The molecule has 2 heterocycles. The molecule has 1 saturated heterocycles. The molecule has 1 atom stereocenters. The maximum atomic E-state index is 13.3. The third-order valence-corrected chi connectivity index (χ3v) is 6.72. The molecule has 0 aliphatic carbocycles. The molecule has 0 unspecified atom stereocenters. The highest BCUT2D eigenvalue weighted by atomic mass is 32.1. The molecule has 1 N–H and O–H groups in total. The number of hydrogen-bond acceptors (Lipinski definition) is 8. The number of fused-ring (bicyclic) bond motifs is 1. The highest BCUT2D eigenvalue weighted by molar-refractivity contribution is 7.22. The predicted molar refractivity (Wildman–Crippen MR) is 130 cm³/mol. The van der Waals surface area contributed by atoms with Gasteiger partial charge in [-0.2, -0.15) is 0 Å². The number of Topliss-reactive ketones (excluding diaryl/α,β-unsaturated/α-hetero) is 1. The van der Waals surface area contributed by atoms with Crippen LogP contribution < -0.4 is 9.64 Å². The van der Waals surface area contributed by atoms with Crippen molar-refractivity contribution in [3.8, 4) is 5.75 Å². The Hall–Kier alpha value is -4.57. The summed E-state index contributed by atoms with van der Waals surface area (Å²) in [4.78, 5) is 42.9. The van der Waals surface area contributed by atoms with Crippen molar-refractivity contribution < 1.29 is 24.4 Å². The Kier molecular flexibility index (Phi) is 5.50. The number of anilines is 1. The van der Waals surface area contributed by atoms with E-state index in [0.29, 0.717) is 22.4 Å². The predicted octanol–water partition coefficient (Wildman–Crippen LogP) is 4.84. The number of aliphatic hydroxyl groups is 1. The number of ketones is 1. The largest absolute Gasteiger partial charge is 0.507 e. The number of nitrogens with zero attached hydrogens (tertiary/aromatic N) is 3. The number of hydrogen-bond donors (Lipinski definition) is 1. The molecule has 0 saturated carbocycles. The SMILES string of the molecule is COc1ccc2nc(N3C(=O)C(=O)/C(=C(/O)c4ccccc4)[C@@H]3c3ccc([N+](=O)[O-])cc3)sc2c1. The summed E-state index contributed by atoms with van der Waals surface area (Å²) < 4.78 is 6.00. The molecule has 0 spiro atoms. The van der Waals surface area contributed by atoms with Gasteiger partial charge in [-0.3, -0.25) is 24.6 Å². The summed E-state index contributed by atoms with van der Waals surface area (Å²) in [6.45, 7) is 0. The van der Waals surface area contributed by atoms with E-state index in [0.717, 1.165) is 4.70 Å². The lowest BCUT2D eigenvalue weighted by molar-refractivity contribution is -0.384. The Morgan fingerprint density at radius 3 is 2.46 bits per heavy atom. The molecule has 0 bridgehead atoms. The fraction of sp³-hybridized carbons (Fsp3) is 0.0800. The van der Waals surface area contributed by atoms with Crippen LogP contribution in [0.25, 0.3) is 16.0 Å². The number of benzene rings is 3. The van der Waals surface area contributed by atoms with E-state index in [1.54, 1.807) is 55.6 Å². The van der Waals surface area contributed by atoms with Crippen LogP contribution in [0, 0.1) is 10.1 Å². The van der Waals surface area contributed by atoms with Gasteiger partial charge in [0.1, 0.15) is 11.5 Å². The summed E-state index contributed by atoms with van der Waals surface area (Å²) in [6.07, 6.45) is 0. The van der Waals surface area contributed by atoms with Crippen LogP contribution in [0.3, 0.4) is 0 Å². The van der Waals surface area contributed by atoms with Gasteiger partial charge in [0, 0.05) is 17.7 Å². The van der Waals surface area contributed by atoms with Gasteiger partial charge < -0.3 is 9.84 Å². The number of aromatic nitrogens is 1. The second-order valence-electron chi connectivity index (χ2n) is 7.71. The zero-order chi connectivity index (χ0) is 24.7. The fourth-order valence-corrected chi connectivity index (χ4v) is 5.02. The molecule has 3 aromatic carbocycles. The van der Waals surface area contributed by atoms with Crippen molar-refractivity contribution in [1.29, 1.82) is 0 Å². The molecular formula is C25H17N3O6S. The van der Waals surface area contributed by atoms with Crippen LogP contribution in [0.4, 0.5) is 10.8 Å². The van der Waals surface area contributed by atoms with E-state index in [9.17, 15) is 24.8 Å². The lowest BCUT2D eigenvalue weighted by Gasteiger charge is -2.22. The van der Waals surface area contributed by atoms with Crippen LogP contribution in [0.1, 0.15) is 17.2 Å². The standard InChI is InChI=1S/C25H17N3O6S/c1-34-17-11-12-18-19(13-17)35-25(26-18)27-21(14-7-9-16(10-8-14)28(32)33)20(23(30)24(27)31)22(29)15-5-3-2-4-6-15/h2-13,21,29H,1H3/b22-20+/t21-/m0/s1. The smallest absolute Gasteiger partial charge is 0.301 e. The van der Waals surface area contributed by atoms with Crippen LogP contribution in [0.5, 0.6) is 5.75 Å². The summed E-state index contributed by atoms with van der Waals surface area (Å²) in [6, 6.07) is 18.2. The molecule has 4 aromatic rings. The van der Waals surface area contributed by atoms with Crippen LogP contribution >= 0.6 is 11.3 Å². The van der Waals surface area contributed by atoms with Crippen molar-refractivity contribution in [1.82, 2.24) is 4.98 Å². The van der Waals surface area contributed by atoms with Crippen LogP contribution in [0.2, 0.25) is 0 Å². The summed E-state index contributed by atoms with van der Waals surface area (Å²) >= 11 is 1.20. The third kappa shape index (κ3) is 3.79. The number of ether oxygens (including phenoxy) is 1. The number of aliphatic hydroxyl groups excluding tert-OH is 1. The number of nitro groups is 1. The van der Waals surface area contributed by atoms with Gasteiger partial charge in [-0.05, 0) is 35.9 Å². The number of thiazole rings is 1. The molecule has 5 rings (SSSR count). The molecule has 0 radical (unpaired) electrons. The third-order valence-electron chi connectivity index (χ3n) is 5.70. The van der Waals surface area contributed by atoms with Crippen LogP contribution in [0.15, 0.2) is 78.4 Å². The Morgan fingerprint density at radius 1 is 1.09 bits per heavy atom. The van der Waals surface area contributed by atoms with Crippen molar-refractivity contribution >= 4 is 49.8 Å². The first-order valence-corrected chi connectivity index (χ1v) is 11.3. The Balaban J connectivity index is 1.71. The molecule has 9 nitrogen and oxygen atoms in total. The van der Waals surface area contributed by atoms with Crippen LogP contribution in [-0.4, -0.2) is 33.8 Å². The minimum absolute atomic E-state index is 0.119. The molecule has 174 valence electrons. The highest BCUT2D eigenvalue weighted by Crippen LogP contribution is 2.44. The van der Waals surface area contributed by atoms with Crippen molar-refractivity contribution in [3.63, 3.8) is 0 Å². The van der Waals surface area contributed by atoms with E-state index in [4.69, 9.17) is 4.74 Å². The maximum Gasteiger partial charge on any atom is 0.301 e. The highest BCUT2D eigenvalue weighted by Gasteiger charge is 2.48. The maximum absolute atomic E-state index is 13.3. The number of rotatable bonds is 5. The van der Waals surface area contributed by atoms with Crippen molar-refractivity contribution in [2.24, 2.45) is 0 Å². The first kappa shape index (κ1) is 22.2. The van der Waals surface area contributed by atoms with Crippen molar-refractivity contribution in [2.45, 2.75) is 6.04 Å². The first-order chi connectivity index (χ1) is 16.9. The van der Waals surface area contributed by atoms with Crippen LogP contribution in [-0.2, 0) is 9.59 Å². The van der Waals surface area contributed by atoms with Gasteiger partial charge in [0.05, 0.1) is 33.9 Å². The van der Waals surface area contributed by atoms with Crippen molar-refractivity contribution in [3.05, 3.63) is 99.6 Å². The topological polar surface area (TPSA) is 123 Å². The number of carbonyl (C=O) groups excluding carboxylic acids is 2. The number of amides is 1. The molecule has 1 aliphatic rings. The summed E-state index contributed by atoms with van der Waals surface area (Å²) in [7, 11) is 1.54. The lowest BCUT2D eigenvalue weighted by atomic mass is 9.95. The molecule has 35 heavy (non-hydrogen) atoms. The van der Waals surface area contributed by atoms with Gasteiger partial charge >= 0.3 is 5.91 Å². The fourth-order valence-electron chi connectivity index (χ4n) is 4.00. The number of methoxy groups -OCH3 is 1. The van der Waals surface area contributed by atoms with Gasteiger partial charge in [-0.25, -0.2) is 4.98 Å². The van der Waals surface area contributed by atoms with E-state index in [1.165, 1.54) is 40.5 Å². The lowest BCUT2D eigenvalue weighted by Crippen LogP contribution is -2.29. The Bertz CT molecular complexity index is 1510. The molecule has 1 amide bonds. The number of carbonyl (C=O) groups is 2. The number of nitro benzene ring substituents is 1. The Morgan fingerprint density at radius 2 is 1.80 bits per heavy atom. The van der Waals surface area contributed by atoms with Crippen molar-refractivity contribution in [2.75, 3.05) is 12.0 Å². The normalized spacial score (nSPS) is 17.2. The van der Waals surface area contributed by atoms with Gasteiger partial charge in [0.25, 0.3) is 11.5 Å². The monoisotopic (exact) mass is 487 g/mol. The van der Waals surface area contributed by atoms with Gasteiger partial charge in [-0.1, -0.05) is 41.7 Å². The summed E-state index contributed by atoms with van der Waals surface area (Å²) in [5, 5.41) is 22.5. The second kappa shape index (κ2) is 8.65. The van der Waals surface area contributed by atoms with E-state index >= 15 is 0 Å². The van der Waals surface area contributed by atoms with E-state index in [2.05, 4.69) is 4.98 Å². The first-order valence-electron chi connectivity index (χ1n) is 10.4. The molecule has 1 fully saturated rings. The average Bonchev–Trinajstić information content (AvgIpc) is 3.41. The zero-order valence-corrected chi connectivity index (χ0v) is 19.1. The van der Waals surface area contributed by atoms with Gasteiger partial charge in [0.2, 0.25) is 0 Å². The minimum atomic E-state index is -1.03. The van der Waals surface area contributed by atoms with E-state index in [-0.39, 0.29) is 22.2 Å². The second-order valence-corrected chi connectivity index (χ2v) is 8.72. The molecule has 1 aliphatic heterocycles. The molecule has 10 heteroatoms. The minimum Gasteiger partial charge on any atom is -0.507 e. The quantitative estimate of drug-likeness (QED) is 0.140. The summed E-state index contributed by atoms with van der Waals surface area (Å²) in [5.41, 5.74) is 1.14. The average molecular weight is 487 g/mol. The number of non-ortho nitro benzene ring substituents is 1. The summed E-state index contributed by atoms with van der Waals surface area (Å²) in [5.74, 6) is -1.44. The molecule has 1 aromatic heterocycles. The Labute approximate surface area is 202 Å². The van der Waals surface area contributed by atoms with Gasteiger partial charge in [0.15, 0.2) is 5.13 Å². The van der Waals surface area contributed by atoms with Gasteiger partial charge in [-0.15, -0.1) is 0 Å². The zero-order valence-electron chi connectivity index (χ0n) is 18.2. The van der Waals surface area contributed by atoms with E-state index < -0.39 is 22.7 Å².